The van der Waals surface area contributed by atoms with Crippen LogP contribution in [0.5, 0.6) is 0 Å². The topological polar surface area (TPSA) is 12.0 Å². The number of benzene rings is 1. The molecule has 1 aromatic rings. The minimum atomic E-state index is -0.305. The molecule has 0 saturated heterocycles. The summed E-state index contributed by atoms with van der Waals surface area (Å²) < 4.78 is 12.6. The zero-order valence-corrected chi connectivity index (χ0v) is 8.88. The lowest BCUT2D eigenvalue weighted by molar-refractivity contribution is 0.628. The number of nitrogens with one attached hydrogen (secondary N) is 1. The highest BCUT2D eigenvalue weighted by atomic mass is 35.5. The lowest BCUT2D eigenvalue weighted by atomic mass is 10.3. The normalized spacial score (nSPS) is 10.1. The molecule has 0 heterocycles. The molecule has 0 atom stereocenters. The Morgan fingerprint density at radius 1 is 1.54 bits per heavy atom. The molecule has 0 aliphatic heterocycles. The molecule has 0 radical (unpaired) electrons. The molecule has 13 heavy (non-hydrogen) atoms. The maximum atomic E-state index is 12.6. The molecule has 0 saturated carbocycles. The fourth-order valence-electron chi connectivity index (χ4n) is 0.921. The Bertz CT molecular complexity index is 280. The SMILES string of the molecule is CSCCNc1ccc(F)cc1Cl. The molecule has 0 aromatic heterocycles. The van der Waals surface area contributed by atoms with E-state index in [0.717, 1.165) is 18.0 Å². The van der Waals surface area contributed by atoms with Crippen LogP contribution in [0.4, 0.5) is 10.1 Å². The van der Waals surface area contributed by atoms with Gasteiger partial charge >= 0.3 is 0 Å². The van der Waals surface area contributed by atoms with Gasteiger partial charge in [-0.2, -0.15) is 11.8 Å². The third kappa shape index (κ3) is 3.44. The van der Waals surface area contributed by atoms with E-state index in [0.29, 0.717) is 5.02 Å². The number of rotatable bonds is 4. The number of halogens is 2. The lowest BCUT2D eigenvalue weighted by Crippen LogP contribution is -2.04. The monoisotopic (exact) mass is 219 g/mol. The first kappa shape index (κ1) is 10.7. The van der Waals surface area contributed by atoms with Crippen molar-refractivity contribution in [3.05, 3.63) is 29.0 Å². The number of hydrogen-bond acceptors (Lipinski definition) is 2. The van der Waals surface area contributed by atoms with E-state index in [-0.39, 0.29) is 5.82 Å². The summed E-state index contributed by atoms with van der Waals surface area (Å²) in [6, 6.07) is 4.36. The Morgan fingerprint density at radius 2 is 2.31 bits per heavy atom. The Kier molecular flexibility index (Phi) is 4.39. The predicted molar refractivity (Wildman–Crippen MR) is 58.3 cm³/mol. The quantitative estimate of drug-likeness (QED) is 0.781. The van der Waals surface area contributed by atoms with Gasteiger partial charge < -0.3 is 5.32 Å². The summed E-state index contributed by atoms with van der Waals surface area (Å²) in [6.45, 7) is 0.840. The van der Waals surface area contributed by atoms with E-state index in [1.54, 1.807) is 17.8 Å². The van der Waals surface area contributed by atoms with Gasteiger partial charge in [0.25, 0.3) is 0 Å². The van der Waals surface area contributed by atoms with E-state index in [1.165, 1.54) is 12.1 Å². The largest absolute Gasteiger partial charge is 0.383 e. The zero-order valence-electron chi connectivity index (χ0n) is 7.31. The fraction of sp³-hybridized carbons (Fsp3) is 0.333. The van der Waals surface area contributed by atoms with Crippen molar-refractivity contribution in [3.8, 4) is 0 Å². The summed E-state index contributed by atoms with van der Waals surface area (Å²) >= 11 is 7.55. The molecule has 0 amide bonds. The third-order valence-electron chi connectivity index (χ3n) is 1.55. The maximum Gasteiger partial charge on any atom is 0.124 e. The highest BCUT2D eigenvalue weighted by Gasteiger charge is 1.99. The zero-order chi connectivity index (χ0) is 9.68. The second kappa shape index (κ2) is 5.35. The van der Waals surface area contributed by atoms with Gasteiger partial charge in [0, 0.05) is 12.3 Å². The first-order chi connectivity index (χ1) is 6.24. The second-order valence-electron chi connectivity index (χ2n) is 2.54. The molecule has 72 valence electrons. The van der Waals surface area contributed by atoms with Gasteiger partial charge in [-0.05, 0) is 24.5 Å². The van der Waals surface area contributed by atoms with Crippen LogP contribution in [0.3, 0.4) is 0 Å². The van der Waals surface area contributed by atoms with E-state index < -0.39 is 0 Å². The molecule has 0 bridgehead atoms. The smallest absolute Gasteiger partial charge is 0.124 e. The number of anilines is 1. The Balaban J connectivity index is 2.56. The minimum Gasteiger partial charge on any atom is -0.383 e. The van der Waals surface area contributed by atoms with Crippen LogP contribution in [-0.4, -0.2) is 18.6 Å². The van der Waals surface area contributed by atoms with Crippen LogP contribution < -0.4 is 5.32 Å². The Labute approximate surface area is 86.7 Å². The average molecular weight is 220 g/mol. The summed E-state index contributed by atoms with van der Waals surface area (Å²) in [7, 11) is 0. The molecule has 1 aromatic carbocycles. The van der Waals surface area contributed by atoms with Crippen molar-refractivity contribution in [3.63, 3.8) is 0 Å². The highest BCUT2D eigenvalue weighted by Crippen LogP contribution is 2.21. The van der Waals surface area contributed by atoms with Crippen LogP contribution >= 0.6 is 23.4 Å². The first-order valence-corrected chi connectivity index (χ1v) is 5.69. The van der Waals surface area contributed by atoms with Crippen molar-refractivity contribution in [1.82, 2.24) is 0 Å². The van der Waals surface area contributed by atoms with E-state index in [1.807, 2.05) is 6.26 Å². The summed E-state index contributed by atoms with van der Waals surface area (Å²) in [5.74, 6) is 0.702. The molecule has 1 N–H and O–H groups in total. The standard InChI is InChI=1S/C9H11ClFNS/c1-13-5-4-12-9-3-2-7(11)6-8(9)10/h2-3,6,12H,4-5H2,1H3. The molecule has 0 aliphatic carbocycles. The van der Waals surface area contributed by atoms with Crippen molar-refractivity contribution < 1.29 is 4.39 Å². The van der Waals surface area contributed by atoms with Crippen LogP contribution in [-0.2, 0) is 0 Å². The van der Waals surface area contributed by atoms with E-state index in [4.69, 9.17) is 11.6 Å². The molecule has 0 unspecified atom stereocenters. The van der Waals surface area contributed by atoms with Crippen molar-refractivity contribution in [2.24, 2.45) is 0 Å². The first-order valence-electron chi connectivity index (χ1n) is 3.92. The maximum absolute atomic E-state index is 12.6. The van der Waals surface area contributed by atoms with Gasteiger partial charge in [-0.3, -0.25) is 0 Å². The van der Waals surface area contributed by atoms with Crippen LogP contribution in [0.2, 0.25) is 5.02 Å². The van der Waals surface area contributed by atoms with Gasteiger partial charge in [0.15, 0.2) is 0 Å². The molecule has 0 spiro atoms. The minimum absolute atomic E-state index is 0.305. The Morgan fingerprint density at radius 3 is 2.92 bits per heavy atom. The summed E-state index contributed by atoms with van der Waals surface area (Å²) in [4.78, 5) is 0. The van der Waals surface area contributed by atoms with Crippen molar-refractivity contribution in [1.29, 1.82) is 0 Å². The fourth-order valence-corrected chi connectivity index (χ4v) is 1.46. The molecular weight excluding hydrogens is 209 g/mol. The van der Waals surface area contributed by atoms with Crippen LogP contribution in [0.25, 0.3) is 0 Å². The second-order valence-corrected chi connectivity index (χ2v) is 3.94. The third-order valence-corrected chi connectivity index (χ3v) is 2.48. The highest BCUT2D eigenvalue weighted by molar-refractivity contribution is 7.98. The van der Waals surface area contributed by atoms with E-state index in [9.17, 15) is 4.39 Å². The summed E-state index contributed by atoms with van der Waals surface area (Å²) in [5.41, 5.74) is 0.789. The van der Waals surface area contributed by atoms with Crippen LogP contribution in [0, 0.1) is 5.82 Å². The average Bonchev–Trinajstić information content (AvgIpc) is 2.09. The molecule has 0 aliphatic rings. The lowest BCUT2D eigenvalue weighted by Gasteiger charge is -2.06. The van der Waals surface area contributed by atoms with E-state index >= 15 is 0 Å². The molecule has 1 nitrogen and oxygen atoms in total. The van der Waals surface area contributed by atoms with Crippen molar-refractivity contribution >= 4 is 29.1 Å². The summed E-state index contributed by atoms with van der Waals surface area (Å²) in [6.07, 6.45) is 2.04. The molecular formula is C9H11ClFNS. The molecule has 0 fully saturated rings. The van der Waals surface area contributed by atoms with Gasteiger partial charge in [0.1, 0.15) is 5.82 Å². The summed E-state index contributed by atoms with van der Waals surface area (Å²) in [5, 5.41) is 3.55. The van der Waals surface area contributed by atoms with Gasteiger partial charge in [0.05, 0.1) is 10.7 Å². The van der Waals surface area contributed by atoms with Gasteiger partial charge in [0.2, 0.25) is 0 Å². The van der Waals surface area contributed by atoms with E-state index in [2.05, 4.69) is 5.32 Å². The van der Waals surface area contributed by atoms with Crippen LogP contribution in [0.1, 0.15) is 0 Å². The molecule has 1 rings (SSSR count). The molecule has 4 heteroatoms. The number of thioether (sulfide) groups is 1. The van der Waals surface area contributed by atoms with Crippen molar-refractivity contribution in [2.45, 2.75) is 0 Å². The van der Waals surface area contributed by atoms with Crippen LogP contribution in [0.15, 0.2) is 18.2 Å². The van der Waals surface area contributed by atoms with Gasteiger partial charge in [-0.1, -0.05) is 11.6 Å². The number of hydrogen-bond donors (Lipinski definition) is 1. The van der Waals surface area contributed by atoms with Crippen molar-refractivity contribution in [2.75, 3.05) is 23.9 Å². The Hall–Kier alpha value is -0.410. The van der Waals surface area contributed by atoms with Gasteiger partial charge in [-0.15, -0.1) is 0 Å². The van der Waals surface area contributed by atoms with Gasteiger partial charge in [-0.25, -0.2) is 4.39 Å². The predicted octanol–water partition coefficient (Wildman–Crippen LogP) is 3.25.